The van der Waals surface area contributed by atoms with Crippen LogP contribution in [0.4, 0.5) is 0 Å². The van der Waals surface area contributed by atoms with Gasteiger partial charge in [-0.3, -0.25) is 4.79 Å². The molecule has 1 N–H and O–H groups in total. The highest BCUT2D eigenvalue weighted by Gasteiger charge is 2.22. The Bertz CT molecular complexity index is 348. The molecule has 2 rings (SSSR count). The maximum Gasteiger partial charge on any atom is 0.267 e. The van der Waals surface area contributed by atoms with E-state index in [0.717, 1.165) is 32.5 Å². The zero-order chi connectivity index (χ0) is 12.1. The molecule has 0 spiro atoms. The van der Waals surface area contributed by atoms with Crippen LogP contribution >= 0.6 is 11.5 Å². The Balaban J connectivity index is 1.98. The van der Waals surface area contributed by atoms with Gasteiger partial charge in [0.1, 0.15) is 4.88 Å². The minimum atomic E-state index is 0.0653. The predicted octanol–water partition coefficient (Wildman–Crippen LogP) is 1.14. The van der Waals surface area contributed by atoms with Crippen molar-refractivity contribution in [3.8, 4) is 0 Å². The molecule has 0 aliphatic carbocycles. The molecular weight excluding hydrogens is 236 g/mol. The van der Waals surface area contributed by atoms with Gasteiger partial charge in [0.05, 0.1) is 6.20 Å². The predicted molar refractivity (Wildman–Crippen MR) is 67.1 cm³/mol. The fourth-order valence-electron chi connectivity index (χ4n) is 2.14. The first-order chi connectivity index (χ1) is 8.31. The molecule has 1 aliphatic rings. The Morgan fingerprint density at radius 2 is 2.59 bits per heavy atom. The fraction of sp³-hybridized carbons (Fsp3) is 0.727. The van der Waals surface area contributed by atoms with Gasteiger partial charge in [-0.1, -0.05) is 11.4 Å². The molecule has 0 radical (unpaired) electrons. The Labute approximate surface area is 105 Å². The van der Waals surface area contributed by atoms with Crippen LogP contribution in [0.1, 0.15) is 35.9 Å². The van der Waals surface area contributed by atoms with Crippen LogP contribution < -0.4 is 5.32 Å². The van der Waals surface area contributed by atoms with Gasteiger partial charge >= 0.3 is 0 Å². The molecule has 2 heterocycles. The van der Waals surface area contributed by atoms with E-state index in [1.807, 2.05) is 4.90 Å². The van der Waals surface area contributed by atoms with E-state index in [9.17, 15) is 4.79 Å². The highest BCUT2D eigenvalue weighted by Crippen LogP contribution is 2.12. The van der Waals surface area contributed by atoms with Gasteiger partial charge in [-0.15, -0.1) is 5.10 Å². The van der Waals surface area contributed by atoms with Gasteiger partial charge in [0, 0.05) is 19.1 Å². The fourth-order valence-corrected chi connectivity index (χ4v) is 2.63. The molecule has 5 nitrogen and oxygen atoms in total. The van der Waals surface area contributed by atoms with E-state index in [0.29, 0.717) is 10.9 Å². The molecule has 0 bridgehead atoms. The summed E-state index contributed by atoms with van der Waals surface area (Å²) in [5.41, 5.74) is 0. The van der Waals surface area contributed by atoms with Crippen LogP contribution in [0.5, 0.6) is 0 Å². The summed E-state index contributed by atoms with van der Waals surface area (Å²) in [6.45, 7) is 4.76. The van der Waals surface area contributed by atoms with Gasteiger partial charge in [-0.25, -0.2) is 0 Å². The van der Waals surface area contributed by atoms with Crippen molar-refractivity contribution >= 4 is 17.4 Å². The lowest BCUT2D eigenvalue weighted by atomic mass is 10.2. The Morgan fingerprint density at radius 3 is 3.18 bits per heavy atom. The third-order valence-corrected chi connectivity index (χ3v) is 3.61. The number of amides is 1. The number of rotatable bonds is 5. The molecule has 1 saturated heterocycles. The van der Waals surface area contributed by atoms with E-state index in [-0.39, 0.29) is 5.91 Å². The summed E-state index contributed by atoms with van der Waals surface area (Å²) in [7, 11) is 0. The van der Waals surface area contributed by atoms with Gasteiger partial charge in [-0.05, 0) is 37.3 Å². The topological polar surface area (TPSA) is 58.1 Å². The van der Waals surface area contributed by atoms with E-state index in [2.05, 4.69) is 21.8 Å². The molecule has 6 heteroatoms. The molecule has 17 heavy (non-hydrogen) atoms. The highest BCUT2D eigenvalue weighted by atomic mass is 32.1. The molecule has 1 aromatic heterocycles. The molecule has 1 aromatic rings. The van der Waals surface area contributed by atoms with Gasteiger partial charge in [0.2, 0.25) is 0 Å². The zero-order valence-corrected chi connectivity index (χ0v) is 10.9. The van der Waals surface area contributed by atoms with Gasteiger partial charge in [0.25, 0.3) is 5.91 Å². The van der Waals surface area contributed by atoms with Crippen LogP contribution in [0, 0.1) is 0 Å². The molecule has 0 saturated carbocycles. The largest absolute Gasteiger partial charge is 0.336 e. The highest BCUT2D eigenvalue weighted by molar-refractivity contribution is 7.07. The van der Waals surface area contributed by atoms with E-state index in [4.69, 9.17) is 0 Å². The monoisotopic (exact) mass is 254 g/mol. The average Bonchev–Trinajstić information content (AvgIpc) is 3.00. The molecule has 1 fully saturated rings. The molecule has 1 aliphatic heterocycles. The minimum Gasteiger partial charge on any atom is -0.336 e. The third kappa shape index (κ3) is 3.23. The van der Waals surface area contributed by atoms with E-state index in [1.54, 1.807) is 6.20 Å². The van der Waals surface area contributed by atoms with Crippen molar-refractivity contribution in [2.75, 3.05) is 19.6 Å². The second-order valence-corrected chi connectivity index (χ2v) is 5.11. The van der Waals surface area contributed by atoms with Crippen LogP contribution in [-0.4, -0.2) is 46.1 Å². The smallest absolute Gasteiger partial charge is 0.267 e. The summed E-state index contributed by atoms with van der Waals surface area (Å²) in [6.07, 6.45) is 4.90. The number of carbonyl (C=O) groups excluding carboxylic acids is 1. The molecule has 1 atom stereocenters. The summed E-state index contributed by atoms with van der Waals surface area (Å²) in [5, 5.41) is 7.15. The Morgan fingerprint density at radius 1 is 1.71 bits per heavy atom. The summed E-state index contributed by atoms with van der Waals surface area (Å²) < 4.78 is 3.75. The van der Waals surface area contributed by atoms with Crippen molar-refractivity contribution < 1.29 is 4.79 Å². The summed E-state index contributed by atoms with van der Waals surface area (Å²) in [6, 6.07) is 0.450. The van der Waals surface area contributed by atoms with Gasteiger partial charge in [0.15, 0.2) is 0 Å². The third-order valence-electron chi connectivity index (χ3n) is 2.96. The van der Waals surface area contributed by atoms with Crippen molar-refractivity contribution in [2.45, 2.75) is 32.2 Å². The quantitative estimate of drug-likeness (QED) is 0.856. The molecule has 1 amide bonds. The SMILES string of the molecule is CCCN(CC1CCCN1)C(=O)c1cnns1. The first-order valence-electron chi connectivity index (χ1n) is 6.11. The number of nitrogens with zero attached hydrogens (tertiary/aromatic N) is 3. The standard InChI is InChI=1S/C11H18N4OS/c1-2-6-15(8-9-4-3-5-12-9)11(16)10-7-13-14-17-10/h7,9,12H,2-6,8H2,1H3. The van der Waals surface area contributed by atoms with E-state index >= 15 is 0 Å². The zero-order valence-electron chi connectivity index (χ0n) is 10.1. The van der Waals surface area contributed by atoms with Crippen LogP contribution in [-0.2, 0) is 0 Å². The second kappa shape index (κ2) is 6.07. The van der Waals surface area contributed by atoms with E-state index < -0.39 is 0 Å². The van der Waals surface area contributed by atoms with Crippen molar-refractivity contribution in [1.82, 2.24) is 19.8 Å². The van der Waals surface area contributed by atoms with Crippen molar-refractivity contribution in [3.05, 3.63) is 11.1 Å². The number of hydrogen-bond donors (Lipinski definition) is 1. The first-order valence-corrected chi connectivity index (χ1v) is 6.88. The second-order valence-electron chi connectivity index (χ2n) is 4.33. The van der Waals surface area contributed by atoms with Crippen LogP contribution in [0.15, 0.2) is 6.20 Å². The number of aromatic nitrogens is 2. The van der Waals surface area contributed by atoms with E-state index in [1.165, 1.54) is 18.0 Å². The maximum absolute atomic E-state index is 12.2. The maximum atomic E-state index is 12.2. The number of nitrogens with one attached hydrogen (secondary N) is 1. The van der Waals surface area contributed by atoms with Crippen molar-refractivity contribution in [2.24, 2.45) is 0 Å². The van der Waals surface area contributed by atoms with Crippen LogP contribution in [0.2, 0.25) is 0 Å². The lowest BCUT2D eigenvalue weighted by molar-refractivity contribution is 0.0746. The Hall–Kier alpha value is -1.01. The average molecular weight is 254 g/mol. The normalized spacial score (nSPS) is 19.5. The van der Waals surface area contributed by atoms with Gasteiger partial charge < -0.3 is 10.2 Å². The van der Waals surface area contributed by atoms with Gasteiger partial charge in [-0.2, -0.15) is 0 Å². The first kappa shape index (κ1) is 12.4. The number of hydrogen-bond acceptors (Lipinski definition) is 5. The molecule has 94 valence electrons. The van der Waals surface area contributed by atoms with Crippen LogP contribution in [0.3, 0.4) is 0 Å². The molecule has 1 unspecified atom stereocenters. The van der Waals surface area contributed by atoms with Crippen molar-refractivity contribution in [1.29, 1.82) is 0 Å². The summed E-state index contributed by atoms with van der Waals surface area (Å²) >= 11 is 1.17. The van der Waals surface area contributed by atoms with Crippen molar-refractivity contribution in [3.63, 3.8) is 0 Å². The molecule has 0 aromatic carbocycles. The lowest BCUT2D eigenvalue weighted by Crippen LogP contribution is -2.41. The number of carbonyl (C=O) groups is 1. The summed E-state index contributed by atoms with van der Waals surface area (Å²) in [4.78, 5) is 14.8. The minimum absolute atomic E-state index is 0.0653. The van der Waals surface area contributed by atoms with Crippen LogP contribution in [0.25, 0.3) is 0 Å². The molecular formula is C11H18N4OS. The Kier molecular flexibility index (Phi) is 4.44. The lowest BCUT2D eigenvalue weighted by Gasteiger charge is -2.24. The summed E-state index contributed by atoms with van der Waals surface area (Å²) in [5.74, 6) is 0.0653.